The highest BCUT2D eigenvalue weighted by atomic mass is 31.2. The van der Waals surface area contributed by atoms with Crippen LogP contribution in [-0.4, -0.2) is 82.1 Å². The normalized spacial score (nSPS) is 15.1. The molecule has 1 aliphatic rings. The molecule has 0 saturated carbocycles. The van der Waals surface area contributed by atoms with Gasteiger partial charge in [0.2, 0.25) is 20.0 Å². The molecule has 0 atom stereocenters. The molecule has 1 rings (SSSR count). The van der Waals surface area contributed by atoms with Gasteiger partial charge < -0.3 is 40.6 Å². The van der Waals surface area contributed by atoms with Crippen LogP contribution in [0.4, 0.5) is 9.59 Å². The Morgan fingerprint density at radius 3 is 2.03 bits per heavy atom. The van der Waals surface area contributed by atoms with Crippen LogP contribution in [0.2, 0.25) is 0 Å². The topological polar surface area (TPSA) is 215 Å². The molecule has 0 aromatic heterocycles. The Bertz CT molecular complexity index is 872. The van der Waals surface area contributed by atoms with Crippen molar-refractivity contribution in [2.75, 3.05) is 33.0 Å². The van der Waals surface area contributed by atoms with Crippen LogP contribution in [0.5, 0.6) is 0 Å². The Morgan fingerprint density at radius 1 is 1.03 bits per heavy atom. The largest absolute Gasteiger partial charge is 0.510 e. The lowest BCUT2D eigenvalue weighted by molar-refractivity contribution is -0.118. The summed E-state index contributed by atoms with van der Waals surface area (Å²) in [6, 6.07) is -0.0940. The van der Waals surface area contributed by atoms with E-state index in [0.717, 1.165) is 19.3 Å². The number of nitrogens with one attached hydrogen (secondary N) is 3. The maximum atomic E-state index is 13.1. The van der Waals surface area contributed by atoms with E-state index in [-0.39, 0.29) is 23.8 Å². The maximum Gasteiger partial charge on any atom is 0.510 e. The van der Waals surface area contributed by atoms with Crippen molar-refractivity contribution in [2.24, 2.45) is 10.7 Å². The van der Waals surface area contributed by atoms with E-state index < -0.39 is 57.9 Å². The Kier molecular flexibility index (Phi) is 15.0. The number of ether oxygens (including phenoxy) is 4. The molecule has 0 bridgehead atoms. The molecule has 0 aliphatic carbocycles. The number of hydrogen-bond acceptors (Lipinski definition) is 14. The van der Waals surface area contributed by atoms with Gasteiger partial charge in [-0.05, 0) is 53.6 Å². The molecule has 38 heavy (non-hydrogen) atoms. The number of aliphatic imine (C=N–C) groups is 1. The summed E-state index contributed by atoms with van der Waals surface area (Å²) in [7, 11) is -4.21. The molecule has 1 saturated heterocycles. The number of carbonyl (C=O) groups is 4. The number of nitrogens with zero attached hydrogens (tertiary/aromatic N) is 1. The van der Waals surface area contributed by atoms with Crippen LogP contribution in [0, 0.1) is 0 Å². The van der Waals surface area contributed by atoms with E-state index in [9.17, 15) is 23.7 Å². The zero-order valence-electron chi connectivity index (χ0n) is 21.8. The molecular formula is C21H36N5O11P. The van der Waals surface area contributed by atoms with Crippen molar-refractivity contribution in [3.63, 3.8) is 0 Å². The van der Waals surface area contributed by atoms with Gasteiger partial charge in [-0.2, -0.15) is 0 Å². The maximum absolute atomic E-state index is 13.1. The first-order chi connectivity index (χ1) is 18.0. The number of allylic oxidation sites excluding steroid dienone is 1. The van der Waals surface area contributed by atoms with Gasteiger partial charge in [0.05, 0.1) is 17.9 Å². The first kappa shape index (κ1) is 32.8. The molecule has 1 heterocycles. The van der Waals surface area contributed by atoms with E-state index in [1.807, 2.05) is 0 Å². The smallest absolute Gasteiger partial charge is 0.432 e. The highest BCUT2D eigenvalue weighted by Crippen LogP contribution is 2.48. The molecule has 5 N–H and O–H groups in total. The zero-order valence-corrected chi connectivity index (χ0v) is 22.7. The van der Waals surface area contributed by atoms with Gasteiger partial charge in [0.25, 0.3) is 5.91 Å². The lowest BCUT2D eigenvalue weighted by Crippen LogP contribution is -2.44. The van der Waals surface area contributed by atoms with Gasteiger partial charge in [0, 0.05) is 12.3 Å². The van der Waals surface area contributed by atoms with Crippen molar-refractivity contribution < 1.29 is 51.7 Å². The van der Waals surface area contributed by atoms with Gasteiger partial charge >= 0.3 is 19.9 Å². The van der Waals surface area contributed by atoms with Crippen LogP contribution < -0.4 is 21.7 Å². The lowest BCUT2D eigenvalue weighted by Gasteiger charge is -2.23. The van der Waals surface area contributed by atoms with Gasteiger partial charge in [0.15, 0.2) is 0 Å². The van der Waals surface area contributed by atoms with Crippen LogP contribution in [0.25, 0.3) is 0 Å². The van der Waals surface area contributed by atoms with Gasteiger partial charge in [-0.1, -0.05) is 0 Å². The molecule has 1 aliphatic heterocycles. The summed E-state index contributed by atoms with van der Waals surface area (Å²) in [5.41, 5.74) is 5.37. The monoisotopic (exact) mass is 565 g/mol. The Morgan fingerprint density at radius 2 is 1.55 bits per heavy atom. The summed E-state index contributed by atoms with van der Waals surface area (Å²) >= 11 is 0. The van der Waals surface area contributed by atoms with Crippen molar-refractivity contribution in [1.82, 2.24) is 16.0 Å². The average molecular weight is 566 g/mol. The number of piperidine rings is 1. The van der Waals surface area contributed by atoms with Crippen molar-refractivity contribution >= 4 is 38.4 Å². The first-order valence-corrected chi connectivity index (χ1v) is 13.4. The summed E-state index contributed by atoms with van der Waals surface area (Å²) in [5, 5.41) is 8.18. The molecule has 16 nitrogen and oxygen atoms in total. The van der Waals surface area contributed by atoms with E-state index >= 15 is 0 Å². The van der Waals surface area contributed by atoms with E-state index in [4.69, 9.17) is 24.3 Å². The van der Waals surface area contributed by atoms with Crippen molar-refractivity contribution in [2.45, 2.75) is 58.8 Å². The van der Waals surface area contributed by atoms with Crippen molar-refractivity contribution in [3.8, 4) is 0 Å². The SMILES string of the molecule is CC(C)OC(=O)OCOP(=O)(C/N=C/C(NC=O)=C(\N)C(=O)NC1CCNCC1)OCOC(=O)OC(C)C. The molecule has 1 fully saturated rings. The van der Waals surface area contributed by atoms with E-state index in [1.165, 1.54) is 0 Å². The Labute approximate surface area is 220 Å². The zero-order chi connectivity index (χ0) is 28.6. The summed E-state index contributed by atoms with van der Waals surface area (Å²) in [6.07, 6.45) is -1.13. The molecule has 0 unspecified atom stereocenters. The minimum absolute atomic E-state index is 0.0940. The second kappa shape index (κ2) is 17.3. The molecule has 0 radical (unpaired) electrons. The molecule has 2 amide bonds. The molecule has 0 spiro atoms. The molecule has 17 heteroatoms. The van der Waals surface area contributed by atoms with Crippen molar-refractivity contribution in [1.29, 1.82) is 0 Å². The van der Waals surface area contributed by atoms with Gasteiger partial charge in [-0.25, -0.2) is 9.59 Å². The molecular weight excluding hydrogens is 529 g/mol. The minimum Gasteiger partial charge on any atom is -0.432 e. The van der Waals surface area contributed by atoms with Gasteiger partial charge in [-0.15, -0.1) is 0 Å². The minimum atomic E-state index is -4.21. The third-order valence-corrected chi connectivity index (χ3v) is 5.92. The summed E-state index contributed by atoms with van der Waals surface area (Å²) in [4.78, 5) is 50.5. The van der Waals surface area contributed by atoms with Crippen LogP contribution >= 0.6 is 7.60 Å². The number of carbonyl (C=O) groups excluding carboxylic acids is 4. The first-order valence-electron chi connectivity index (χ1n) is 11.7. The predicted octanol–water partition coefficient (Wildman–Crippen LogP) is 1.06. The fourth-order valence-electron chi connectivity index (χ4n) is 2.71. The summed E-state index contributed by atoms with van der Waals surface area (Å²) in [5.74, 6) is -0.627. The quantitative estimate of drug-likeness (QED) is 0.0546. The number of nitrogens with two attached hydrogens (primary N) is 1. The van der Waals surface area contributed by atoms with Crippen LogP contribution in [0.15, 0.2) is 16.4 Å². The van der Waals surface area contributed by atoms with Crippen LogP contribution in [0.1, 0.15) is 40.5 Å². The third kappa shape index (κ3) is 13.9. The highest BCUT2D eigenvalue weighted by Gasteiger charge is 2.27. The summed E-state index contributed by atoms with van der Waals surface area (Å²) in [6.45, 7) is 6.16. The lowest BCUT2D eigenvalue weighted by atomic mass is 10.1. The number of rotatable bonds is 15. The number of hydrogen-bond donors (Lipinski definition) is 4. The standard InChI is InChI=1S/C21H36N5O11P/c1-14(2)36-20(29)32-12-34-38(31,35-13-33-21(30)37-15(3)4)11-24-9-17(25-10-27)18(22)19(28)26-16-5-7-23-8-6-16/h9-10,14-16,23H,5-8,11-13,22H2,1-4H3,(H,25,27)(H,26,28)/b18-17+,24-9+. The van der Waals surface area contributed by atoms with Crippen LogP contribution in [0.3, 0.4) is 0 Å². The van der Waals surface area contributed by atoms with E-state index in [0.29, 0.717) is 12.8 Å². The van der Waals surface area contributed by atoms with Gasteiger partial charge in [-0.3, -0.25) is 28.2 Å². The Balaban J connectivity index is 2.89. The Hall–Kier alpha value is -3.20. The second-order valence-electron chi connectivity index (χ2n) is 8.27. The predicted molar refractivity (Wildman–Crippen MR) is 133 cm³/mol. The second-order valence-corrected chi connectivity index (χ2v) is 10.3. The molecule has 0 aromatic carbocycles. The van der Waals surface area contributed by atoms with Crippen molar-refractivity contribution in [3.05, 3.63) is 11.4 Å². The number of amides is 2. The summed E-state index contributed by atoms with van der Waals surface area (Å²) < 4.78 is 42.0. The fourth-order valence-corrected chi connectivity index (χ4v) is 3.66. The third-order valence-electron chi connectivity index (χ3n) is 4.42. The fraction of sp³-hybridized carbons (Fsp3) is 0.667. The van der Waals surface area contributed by atoms with Gasteiger partial charge in [0.1, 0.15) is 12.0 Å². The van der Waals surface area contributed by atoms with E-state index in [1.54, 1.807) is 27.7 Å². The highest BCUT2D eigenvalue weighted by molar-refractivity contribution is 7.53. The molecule has 216 valence electrons. The average Bonchev–Trinajstić information content (AvgIpc) is 2.82. The van der Waals surface area contributed by atoms with E-state index in [2.05, 4.69) is 30.4 Å². The van der Waals surface area contributed by atoms with Crippen LogP contribution in [-0.2, 0) is 42.1 Å². The molecule has 0 aromatic rings.